The Kier molecular flexibility index (Phi) is 2.56. The van der Waals surface area contributed by atoms with Crippen LogP contribution < -0.4 is 10.4 Å². The van der Waals surface area contributed by atoms with Gasteiger partial charge in [-0.25, -0.2) is 0 Å². The van der Waals surface area contributed by atoms with Crippen LogP contribution in [-0.2, 0) is 0 Å². The number of aryl methyl sites for hydroxylation is 2. The fraction of sp³-hybridized carbons (Fsp3) is 0.333. The Morgan fingerprint density at radius 3 is 2.56 bits per heavy atom. The quantitative estimate of drug-likeness (QED) is 0.732. The van der Waals surface area contributed by atoms with E-state index in [1.54, 1.807) is 11.3 Å². The molecule has 1 aliphatic heterocycles. The third-order valence-electron chi connectivity index (χ3n) is 3.98. The number of fused-ring (bicyclic) bond motifs is 2. The van der Waals surface area contributed by atoms with Crippen molar-refractivity contribution in [1.29, 1.82) is 0 Å². The van der Waals surface area contributed by atoms with Gasteiger partial charge < -0.3 is 5.11 Å². The molecule has 1 atom stereocenters. The molecule has 3 heteroatoms. The van der Waals surface area contributed by atoms with Crippen LogP contribution in [0, 0.1) is 13.8 Å². The molecule has 0 aliphatic carbocycles. The summed E-state index contributed by atoms with van der Waals surface area (Å²) in [5, 5.41) is 13.4. The van der Waals surface area contributed by atoms with Gasteiger partial charge in [-0.2, -0.15) is 0 Å². The number of benzene rings is 1. The first-order chi connectivity index (χ1) is 8.41. The molecule has 0 bridgehead atoms. The zero-order chi connectivity index (χ0) is 13.1. The first kappa shape index (κ1) is 12.1. The van der Waals surface area contributed by atoms with Crippen LogP contribution in [0.15, 0.2) is 24.3 Å². The maximum atomic E-state index is 10.6. The highest BCUT2D eigenvalue weighted by Crippen LogP contribution is 2.33. The summed E-state index contributed by atoms with van der Waals surface area (Å²) < 4.78 is 0. The van der Waals surface area contributed by atoms with Crippen LogP contribution in [-0.4, -0.2) is 13.2 Å². The van der Waals surface area contributed by atoms with E-state index in [1.165, 1.54) is 25.7 Å². The third-order valence-corrected chi connectivity index (χ3v) is 8.83. The van der Waals surface area contributed by atoms with Crippen LogP contribution in [0.1, 0.15) is 27.0 Å². The van der Waals surface area contributed by atoms with E-state index >= 15 is 0 Å². The van der Waals surface area contributed by atoms with Crippen molar-refractivity contribution in [3.8, 4) is 0 Å². The Balaban J connectivity index is 2.32. The van der Waals surface area contributed by atoms with Crippen LogP contribution >= 0.6 is 11.3 Å². The molecule has 1 unspecified atom stereocenters. The summed E-state index contributed by atoms with van der Waals surface area (Å²) in [7, 11) is -1.63. The highest BCUT2D eigenvalue weighted by atomic mass is 32.1. The molecule has 1 N–H and O–H groups in total. The van der Waals surface area contributed by atoms with Crippen LogP contribution in [0.5, 0.6) is 0 Å². The molecule has 1 nitrogen and oxygen atoms in total. The number of aliphatic hydroxyl groups excluding tert-OH is 1. The molecular formula is C15H18OSSi. The summed E-state index contributed by atoms with van der Waals surface area (Å²) in [6.07, 6.45) is -0.422. The highest BCUT2D eigenvalue weighted by molar-refractivity contribution is 7.16. The van der Waals surface area contributed by atoms with E-state index in [-0.39, 0.29) is 0 Å². The van der Waals surface area contributed by atoms with Gasteiger partial charge in [-0.1, -0.05) is 36.9 Å². The number of hydrogen-bond acceptors (Lipinski definition) is 2. The maximum absolute atomic E-state index is 10.6. The van der Waals surface area contributed by atoms with Gasteiger partial charge >= 0.3 is 0 Å². The zero-order valence-corrected chi connectivity index (χ0v) is 13.1. The molecule has 18 heavy (non-hydrogen) atoms. The molecule has 1 aromatic carbocycles. The Morgan fingerprint density at radius 1 is 1.11 bits per heavy atom. The minimum atomic E-state index is -1.63. The van der Waals surface area contributed by atoms with Crippen LogP contribution in [0.3, 0.4) is 0 Å². The molecule has 0 fully saturated rings. The molecule has 2 aromatic rings. The highest BCUT2D eigenvalue weighted by Gasteiger charge is 2.39. The van der Waals surface area contributed by atoms with Gasteiger partial charge in [0.15, 0.2) is 0 Å². The average molecular weight is 274 g/mol. The van der Waals surface area contributed by atoms with Crippen LogP contribution in [0.25, 0.3) is 0 Å². The lowest BCUT2D eigenvalue weighted by molar-refractivity contribution is 0.225. The normalized spacial score (nSPS) is 20.4. The zero-order valence-electron chi connectivity index (χ0n) is 11.2. The van der Waals surface area contributed by atoms with E-state index in [1.807, 2.05) is 0 Å². The molecule has 1 aliphatic rings. The summed E-state index contributed by atoms with van der Waals surface area (Å²) in [6.45, 7) is 9.00. The monoisotopic (exact) mass is 274 g/mol. The van der Waals surface area contributed by atoms with Crippen molar-refractivity contribution >= 4 is 29.8 Å². The van der Waals surface area contributed by atoms with Gasteiger partial charge in [-0.15, -0.1) is 11.3 Å². The lowest BCUT2D eigenvalue weighted by Gasteiger charge is -2.34. The second kappa shape index (κ2) is 3.79. The predicted octanol–water partition coefficient (Wildman–Crippen LogP) is 2.58. The molecule has 0 amide bonds. The van der Waals surface area contributed by atoms with E-state index in [2.05, 4.69) is 51.2 Å². The number of thiophene rings is 1. The molecule has 94 valence electrons. The van der Waals surface area contributed by atoms with Gasteiger partial charge in [0.05, 0.1) is 0 Å². The van der Waals surface area contributed by atoms with Gasteiger partial charge in [0, 0.05) is 9.75 Å². The Labute approximate surface area is 113 Å². The summed E-state index contributed by atoms with van der Waals surface area (Å²) in [5.74, 6) is 0. The largest absolute Gasteiger partial charge is 0.383 e. The van der Waals surface area contributed by atoms with E-state index in [0.29, 0.717) is 0 Å². The molecule has 1 aromatic heterocycles. The Bertz CT molecular complexity index is 627. The number of rotatable bonds is 0. The lowest BCUT2D eigenvalue weighted by Crippen LogP contribution is -2.58. The molecule has 0 radical (unpaired) electrons. The minimum absolute atomic E-state index is 0.422. The summed E-state index contributed by atoms with van der Waals surface area (Å²) in [6, 6.07) is 8.85. The van der Waals surface area contributed by atoms with Crippen molar-refractivity contribution in [2.45, 2.75) is 33.0 Å². The van der Waals surface area contributed by atoms with E-state index in [9.17, 15) is 5.11 Å². The predicted molar refractivity (Wildman–Crippen MR) is 81.0 cm³/mol. The Morgan fingerprint density at radius 2 is 1.83 bits per heavy atom. The number of hydrogen-bond donors (Lipinski definition) is 1. The molecule has 2 heterocycles. The van der Waals surface area contributed by atoms with Crippen molar-refractivity contribution in [1.82, 2.24) is 0 Å². The van der Waals surface area contributed by atoms with E-state index in [0.717, 1.165) is 5.56 Å². The minimum Gasteiger partial charge on any atom is -0.383 e. The standard InChI is InChI=1S/C15H18OSSi/c1-9-5-6-12-11(7-9)14(16)15-13(18(12,3)4)8-10(2)17-15/h5-8,14,16H,1-4H3. The summed E-state index contributed by atoms with van der Waals surface area (Å²) >= 11 is 1.75. The molecule has 0 saturated carbocycles. The molecule has 0 spiro atoms. The fourth-order valence-corrected chi connectivity index (χ4v) is 7.99. The van der Waals surface area contributed by atoms with E-state index < -0.39 is 14.2 Å². The first-order valence-corrected chi connectivity index (χ1v) is 10.1. The summed E-state index contributed by atoms with van der Waals surface area (Å²) in [5.41, 5.74) is 2.37. The molecule has 0 saturated heterocycles. The molecular weight excluding hydrogens is 256 g/mol. The smallest absolute Gasteiger partial charge is 0.114 e. The van der Waals surface area contributed by atoms with Crippen molar-refractivity contribution in [3.05, 3.63) is 45.1 Å². The first-order valence-electron chi connectivity index (χ1n) is 6.31. The lowest BCUT2D eigenvalue weighted by atomic mass is 10.0. The molecule has 3 rings (SSSR count). The Hall–Kier alpha value is -0.903. The van der Waals surface area contributed by atoms with Crippen molar-refractivity contribution < 1.29 is 5.11 Å². The van der Waals surface area contributed by atoms with Crippen molar-refractivity contribution in [2.24, 2.45) is 0 Å². The van der Waals surface area contributed by atoms with Crippen LogP contribution in [0.2, 0.25) is 13.1 Å². The van der Waals surface area contributed by atoms with Gasteiger partial charge in [0.25, 0.3) is 0 Å². The van der Waals surface area contributed by atoms with Gasteiger partial charge in [-0.05, 0) is 35.9 Å². The van der Waals surface area contributed by atoms with Crippen LogP contribution in [0.4, 0.5) is 0 Å². The van der Waals surface area contributed by atoms with Gasteiger partial charge in [0.1, 0.15) is 14.2 Å². The fourth-order valence-electron chi connectivity index (χ4n) is 2.99. The number of aliphatic hydroxyl groups is 1. The van der Waals surface area contributed by atoms with Gasteiger partial charge in [-0.3, -0.25) is 0 Å². The SMILES string of the molecule is Cc1ccc2c(c1)C(O)c1sc(C)cc1[Si]2(C)C. The third kappa shape index (κ3) is 1.54. The summed E-state index contributed by atoms with van der Waals surface area (Å²) in [4.78, 5) is 2.49. The van der Waals surface area contributed by atoms with Crippen molar-refractivity contribution in [2.75, 3.05) is 0 Å². The van der Waals surface area contributed by atoms with E-state index in [4.69, 9.17) is 0 Å². The average Bonchev–Trinajstić information content (AvgIpc) is 2.69. The van der Waals surface area contributed by atoms with Crippen molar-refractivity contribution in [3.63, 3.8) is 0 Å². The second-order valence-electron chi connectivity index (χ2n) is 5.75. The van der Waals surface area contributed by atoms with Gasteiger partial charge in [0.2, 0.25) is 0 Å². The second-order valence-corrected chi connectivity index (χ2v) is 11.4. The topological polar surface area (TPSA) is 20.2 Å². The maximum Gasteiger partial charge on any atom is 0.114 e.